The van der Waals surface area contributed by atoms with Crippen LogP contribution in [0.4, 0.5) is 0 Å². The van der Waals surface area contributed by atoms with Crippen molar-refractivity contribution in [3.05, 3.63) is 47.7 Å². The summed E-state index contributed by atoms with van der Waals surface area (Å²) in [5, 5.41) is 3.37. The molecule has 1 fully saturated rings. The highest BCUT2D eigenvalue weighted by molar-refractivity contribution is 5.66. The van der Waals surface area contributed by atoms with Crippen LogP contribution in [-0.4, -0.2) is 37.9 Å². The van der Waals surface area contributed by atoms with Crippen molar-refractivity contribution < 1.29 is 4.79 Å². The second kappa shape index (κ2) is 7.85. The Hall–Kier alpha value is -1.61. The molecule has 0 radical (unpaired) electrons. The molecule has 0 spiro atoms. The molecule has 0 amide bonds. The number of aldehydes is 1. The van der Waals surface area contributed by atoms with Crippen LogP contribution in [0.25, 0.3) is 0 Å². The fraction of sp³-hybridized carbons (Fsp3) is 0.471. The Morgan fingerprint density at radius 3 is 2.90 bits per heavy atom. The minimum atomic E-state index is 0.685. The van der Waals surface area contributed by atoms with Crippen molar-refractivity contribution in [3.63, 3.8) is 0 Å². The van der Waals surface area contributed by atoms with Crippen LogP contribution < -0.4 is 5.32 Å². The van der Waals surface area contributed by atoms with Crippen LogP contribution in [0.15, 0.2) is 47.7 Å². The number of nitrogens with zero attached hydrogens (tertiary/aromatic N) is 1. The Morgan fingerprint density at radius 2 is 2.15 bits per heavy atom. The Balaban J connectivity index is 2.05. The van der Waals surface area contributed by atoms with Gasteiger partial charge in [-0.2, -0.15) is 0 Å². The molecular formula is C17H24N2O. The Kier molecular flexibility index (Phi) is 5.81. The number of piperidine rings is 1. The van der Waals surface area contributed by atoms with E-state index in [1.54, 1.807) is 6.08 Å². The molecule has 2 aliphatic heterocycles. The molecular weight excluding hydrogens is 248 g/mol. The zero-order valence-electron chi connectivity index (χ0n) is 12.2. The third kappa shape index (κ3) is 4.49. The Labute approximate surface area is 121 Å². The molecule has 0 bridgehead atoms. The van der Waals surface area contributed by atoms with Crippen LogP contribution in [0.3, 0.4) is 0 Å². The maximum atomic E-state index is 10.4. The van der Waals surface area contributed by atoms with Gasteiger partial charge in [0.25, 0.3) is 0 Å². The molecule has 0 atom stereocenters. The second-order valence-corrected chi connectivity index (χ2v) is 5.51. The SMILES string of the molecule is CN1CCC(/C2=C/NC\C=C/C(/C=C/C=O)=C\C2)CC1. The van der Waals surface area contributed by atoms with Crippen LogP contribution in [0, 0.1) is 5.92 Å². The summed E-state index contributed by atoms with van der Waals surface area (Å²) in [5.41, 5.74) is 2.60. The van der Waals surface area contributed by atoms with Crippen LogP contribution in [0.5, 0.6) is 0 Å². The van der Waals surface area contributed by atoms with Gasteiger partial charge in [0.1, 0.15) is 6.29 Å². The van der Waals surface area contributed by atoms with Crippen molar-refractivity contribution in [2.45, 2.75) is 19.3 Å². The van der Waals surface area contributed by atoms with E-state index in [2.05, 4.69) is 41.7 Å². The molecule has 0 aromatic heterocycles. The first-order chi connectivity index (χ1) is 9.79. The fourth-order valence-corrected chi connectivity index (χ4v) is 2.75. The van der Waals surface area contributed by atoms with Gasteiger partial charge < -0.3 is 10.2 Å². The van der Waals surface area contributed by atoms with E-state index < -0.39 is 0 Å². The first-order valence-corrected chi connectivity index (χ1v) is 7.39. The van der Waals surface area contributed by atoms with Gasteiger partial charge in [-0.25, -0.2) is 0 Å². The molecule has 2 rings (SSSR count). The Morgan fingerprint density at radius 1 is 1.35 bits per heavy atom. The van der Waals surface area contributed by atoms with Gasteiger partial charge >= 0.3 is 0 Å². The normalized spacial score (nSPS) is 29.2. The maximum absolute atomic E-state index is 10.4. The molecule has 3 nitrogen and oxygen atoms in total. The van der Waals surface area contributed by atoms with Gasteiger partial charge in [0.05, 0.1) is 0 Å². The molecule has 2 heterocycles. The molecule has 2 aliphatic rings. The number of carbonyl (C=O) groups excluding carboxylic acids is 1. The first-order valence-electron chi connectivity index (χ1n) is 7.39. The van der Waals surface area contributed by atoms with Gasteiger partial charge in [-0.1, -0.05) is 24.3 Å². The minimum Gasteiger partial charge on any atom is -0.387 e. The van der Waals surface area contributed by atoms with Gasteiger partial charge in [0.15, 0.2) is 0 Å². The largest absolute Gasteiger partial charge is 0.387 e. The number of allylic oxidation sites excluding steroid dienone is 6. The van der Waals surface area contributed by atoms with E-state index in [0.717, 1.165) is 24.8 Å². The van der Waals surface area contributed by atoms with E-state index in [0.29, 0.717) is 5.92 Å². The van der Waals surface area contributed by atoms with Crippen molar-refractivity contribution in [2.24, 2.45) is 5.92 Å². The number of rotatable bonds is 3. The minimum absolute atomic E-state index is 0.685. The number of likely N-dealkylation sites (tertiary alicyclic amines) is 1. The molecule has 0 saturated carbocycles. The zero-order valence-corrected chi connectivity index (χ0v) is 12.2. The lowest BCUT2D eigenvalue weighted by Gasteiger charge is -2.30. The average molecular weight is 272 g/mol. The molecule has 0 aliphatic carbocycles. The predicted octanol–water partition coefficient (Wildman–Crippen LogP) is 2.44. The summed E-state index contributed by atoms with van der Waals surface area (Å²) < 4.78 is 0. The van der Waals surface area contributed by atoms with Crippen molar-refractivity contribution in [1.82, 2.24) is 10.2 Å². The third-order valence-electron chi connectivity index (χ3n) is 4.02. The summed E-state index contributed by atoms with van der Waals surface area (Å²) >= 11 is 0. The van der Waals surface area contributed by atoms with E-state index in [1.165, 1.54) is 31.5 Å². The van der Waals surface area contributed by atoms with Gasteiger partial charge in [0.2, 0.25) is 0 Å². The van der Waals surface area contributed by atoms with Crippen LogP contribution >= 0.6 is 0 Å². The first kappa shape index (κ1) is 14.8. The van der Waals surface area contributed by atoms with E-state index in [4.69, 9.17) is 0 Å². The summed E-state index contributed by atoms with van der Waals surface area (Å²) in [6, 6.07) is 0. The molecule has 1 N–H and O–H groups in total. The number of hydrogen-bond donors (Lipinski definition) is 1. The lowest BCUT2D eigenvalue weighted by Crippen LogP contribution is -2.31. The third-order valence-corrected chi connectivity index (χ3v) is 4.02. The predicted molar refractivity (Wildman–Crippen MR) is 83.4 cm³/mol. The van der Waals surface area contributed by atoms with Gasteiger partial charge in [-0.3, -0.25) is 4.79 Å². The summed E-state index contributed by atoms with van der Waals surface area (Å²) in [6.07, 6.45) is 16.3. The quantitative estimate of drug-likeness (QED) is 0.632. The van der Waals surface area contributed by atoms with Gasteiger partial charge in [-0.15, -0.1) is 0 Å². The summed E-state index contributed by atoms with van der Waals surface area (Å²) in [4.78, 5) is 12.8. The standard InChI is InChI=1S/C17H24N2O/c1-19-11-8-16(9-12-19)17-7-6-15(5-3-13-20)4-2-10-18-14-17/h2-6,13-14,16,18H,7-12H2,1H3/b4-2-,5-3+,15-6+,17-14+. The second-order valence-electron chi connectivity index (χ2n) is 5.51. The monoisotopic (exact) mass is 272 g/mol. The highest BCUT2D eigenvalue weighted by atomic mass is 16.1. The van der Waals surface area contributed by atoms with E-state index in [-0.39, 0.29) is 0 Å². The summed E-state index contributed by atoms with van der Waals surface area (Å²) in [6.45, 7) is 3.20. The van der Waals surface area contributed by atoms with E-state index in [9.17, 15) is 4.79 Å². The molecule has 108 valence electrons. The van der Waals surface area contributed by atoms with Crippen molar-refractivity contribution in [2.75, 3.05) is 26.7 Å². The van der Waals surface area contributed by atoms with Crippen LogP contribution in [-0.2, 0) is 4.79 Å². The molecule has 0 unspecified atom stereocenters. The van der Waals surface area contributed by atoms with E-state index >= 15 is 0 Å². The highest BCUT2D eigenvalue weighted by Crippen LogP contribution is 2.27. The lowest BCUT2D eigenvalue weighted by atomic mass is 9.87. The van der Waals surface area contributed by atoms with Gasteiger partial charge in [-0.05, 0) is 68.7 Å². The van der Waals surface area contributed by atoms with Gasteiger partial charge in [0, 0.05) is 6.54 Å². The highest BCUT2D eigenvalue weighted by Gasteiger charge is 2.19. The molecule has 20 heavy (non-hydrogen) atoms. The van der Waals surface area contributed by atoms with Crippen molar-refractivity contribution >= 4 is 6.29 Å². The summed E-state index contributed by atoms with van der Waals surface area (Å²) in [5.74, 6) is 0.685. The van der Waals surface area contributed by atoms with Crippen LogP contribution in [0.2, 0.25) is 0 Å². The number of carbonyl (C=O) groups is 1. The molecule has 0 aromatic carbocycles. The summed E-state index contributed by atoms with van der Waals surface area (Å²) in [7, 11) is 2.19. The maximum Gasteiger partial charge on any atom is 0.142 e. The number of hydrogen-bond acceptors (Lipinski definition) is 3. The van der Waals surface area contributed by atoms with Crippen molar-refractivity contribution in [3.8, 4) is 0 Å². The topological polar surface area (TPSA) is 32.3 Å². The van der Waals surface area contributed by atoms with Crippen molar-refractivity contribution in [1.29, 1.82) is 0 Å². The van der Waals surface area contributed by atoms with E-state index in [1.807, 2.05) is 6.08 Å². The Bertz CT molecular complexity index is 438. The zero-order chi connectivity index (χ0) is 14.2. The van der Waals surface area contributed by atoms with Crippen LogP contribution in [0.1, 0.15) is 19.3 Å². The fourth-order valence-electron chi connectivity index (χ4n) is 2.75. The smallest absolute Gasteiger partial charge is 0.142 e. The molecule has 0 aromatic rings. The average Bonchev–Trinajstić information content (AvgIpc) is 2.58. The lowest BCUT2D eigenvalue weighted by molar-refractivity contribution is -0.104. The molecule has 3 heteroatoms. The molecule has 1 saturated heterocycles. The number of nitrogens with one attached hydrogen (secondary N) is 1.